The molecule has 1 nitrogen and oxygen atoms in total. The maximum atomic E-state index is 6.25. The van der Waals surface area contributed by atoms with Crippen molar-refractivity contribution >= 4 is 16.5 Å². The van der Waals surface area contributed by atoms with Crippen molar-refractivity contribution in [1.82, 2.24) is 0 Å². The molecular formula is C16H13N. The minimum absolute atomic E-state index is 0.856. The number of fused-ring (bicyclic) bond motifs is 1. The van der Waals surface area contributed by atoms with Gasteiger partial charge in [-0.2, -0.15) is 0 Å². The SMILES string of the molecule is Nc1c(-c2ccccc2)ccc2ccccc12. The summed E-state index contributed by atoms with van der Waals surface area (Å²) in [4.78, 5) is 0. The Kier molecular flexibility index (Phi) is 2.30. The first-order valence-electron chi connectivity index (χ1n) is 5.69. The highest BCUT2D eigenvalue weighted by Crippen LogP contribution is 2.32. The van der Waals surface area contributed by atoms with E-state index in [1.807, 2.05) is 30.3 Å². The molecule has 0 aromatic heterocycles. The smallest absolute Gasteiger partial charge is 0.0473 e. The molecule has 0 unspecified atom stereocenters. The lowest BCUT2D eigenvalue weighted by Gasteiger charge is -2.09. The van der Waals surface area contributed by atoms with Gasteiger partial charge in [-0.15, -0.1) is 0 Å². The summed E-state index contributed by atoms with van der Waals surface area (Å²) in [6.07, 6.45) is 0. The van der Waals surface area contributed by atoms with Crippen LogP contribution in [0.5, 0.6) is 0 Å². The maximum Gasteiger partial charge on any atom is 0.0473 e. The van der Waals surface area contributed by atoms with E-state index >= 15 is 0 Å². The van der Waals surface area contributed by atoms with Crippen molar-refractivity contribution in [1.29, 1.82) is 0 Å². The van der Waals surface area contributed by atoms with E-state index < -0.39 is 0 Å². The summed E-state index contributed by atoms with van der Waals surface area (Å²) in [6, 6.07) is 22.7. The van der Waals surface area contributed by atoms with E-state index in [0.717, 1.165) is 22.2 Å². The summed E-state index contributed by atoms with van der Waals surface area (Å²) in [6.45, 7) is 0. The number of hydrogen-bond donors (Lipinski definition) is 1. The average molecular weight is 219 g/mol. The number of rotatable bonds is 1. The standard InChI is InChI=1S/C16H13N/c17-16-14-9-5-4-8-13(14)10-11-15(16)12-6-2-1-3-7-12/h1-11H,17H2. The predicted octanol–water partition coefficient (Wildman–Crippen LogP) is 4.09. The van der Waals surface area contributed by atoms with E-state index in [1.54, 1.807) is 0 Å². The molecule has 1 heteroatoms. The number of nitrogens with two attached hydrogens (primary N) is 1. The van der Waals surface area contributed by atoms with Crippen molar-refractivity contribution in [3.8, 4) is 11.1 Å². The summed E-state index contributed by atoms with van der Waals surface area (Å²) >= 11 is 0. The van der Waals surface area contributed by atoms with Crippen LogP contribution in [0.4, 0.5) is 5.69 Å². The molecule has 0 heterocycles. The van der Waals surface area contributed by atoms with Crippen molar-refractivity contribution < 1.29 is 0 Å². The average Bonchev–Trinajstić information content (AvgIpc) is 2.40. The lowest BCUT2D eigenvalue weighted by molar-refractivity contribution is 1.64. The van der Waals surface area contributed by atoms with Gasteiger partial charge in [-0.25, -0.2) is 0 Å². The monoisotopic (exact) mass is 219 g/mol. The molecule has 0 saturated carbocycles. The van der Waals surface area contributed by atoms with Crippen LogP contribution >= 0.6 is 0 Å². The molecule has 0 aliphatic heterocycles. The fourth-order valence-electron chi connectivity index (χ4n) is 2.17. The highest BCUT2D eigenvalue weighted by Gasteiger charge is 2.05. The summed E-state index contributed by atoms with van der Waals surface area (Å²) in [5, 5.41) is 2.30. The molecule has 0 aliphatic carbocycles. The normalized spacial score (nSPS) is 10.6. The van der Waals surface area contributed by atoms with E-state index in [2.05, 4.69) is 36.4 Å². The Morgan fingerprint density at radius 1 is 0.647 bits per heavy atom. The van der Waals surface area contributed by atoms with Gasteiger partial charge in [-0.05, 0) is 10.9 Å². The number of nitrogen functional groups attached to an aromatic ring is 1. The van der Waals surface area contributed by atoms with Crippen LogP contribution in [0, 0.1) is 0 Å². The van der Waals surface area contributed by atoms with Gasteiger partial charge in [-0.3, -0.25) is 0 Å². The first-order chi connectivity index (χ1) is 8.36. The summed E-state index contributed by atoms with van der Waals surface area (Å²) < 4.78 is 0. The predicted molar refractivity (Wildman–Crippen MR) is 73.8 cm³/mol. The second-order valence-electron chi connectivity index (χ2n) is 4.11. The van der Waals surface area contributed by atoms with Gasteiger partial charge in [0, 0.05) is 16.6 Å². The van der Waals surface area contributed by atoms with Gasteiger partial charge in [0.05, 0.1) is 0 Å². The molecule has 0 radical (unpaired) electrons. The van der Waals surface area contributed by atoms with E-state index in [1.165, 1.54) is 5.39 Å². The summed E-state index contributed by atoms with van der Waals surface area (Å²) in [5.41, 5.74) is 9.37. The molecule has 0 spiro atoms. The van der Waals surface area contributed by atoms with Gasteiger partial charge in [0.1, 0.15) is 0 Å². The zero-order valence-electron chi connectivity index (χ0n) is 9.43. The van der Waals surface area contributed by atoms with Crippen molar-refractivity contribution in [2.75, 3.05) is 5.73 Å². The van der Waals surface area contributed by atoms with Crippen LogP contribution in [0.3, 0.4) is 0 Å². The third kappa shape index (κ3) is 1.66. The number of benzene rings is 3. The van der Waals surface area contributed by atoms with E-state index in [0.29, 0.717) is 0 Å². The number of hydrogen-bond acceptors (Lipinski definition) is 1. The molecule has 0 bridgehead atoms. The van der Waals surface area contributed by atoms with Gasteiger partial charge in [0.25, 0.3) is 0 Å². The summed E-state index contributed by atoms with van der Waals surface area (Å²) in [5.74, 6) is 0. The molecule has 3 aromatic rings. The largest absolute Gasteiger partial charge is 0.398 e. The molecule has 2 N–H and O–H groups in total. The van der Waals surface area contributed by atoms with Crippen LogP contribution in [0.2, 0.25) is 0 Å². The van der Waals surface area contributed by atoms with E-state index in [4.69, 9.17) is 5.73 Å². The lowest BCUT2D eigenvalue weighted by Crippen LogP contribution is -1.91. The van der Waals surface area contributed by atoms with Crippen molar-refractivity contribution in [3.05, 3.63) is 66.7 Å². The van der Waals surface area contributed by atoms with Crippen LogP contribution in [0.25, 0.3) is 21.9 Å². The molecule has 0 aliphatic rings. The molecule has 0 fully saturated rings. The Bertz CT molecular complexity index is 657. The Hall–Kier alpha value is -2.28. The molecule has 82 valence electrons. The van der Waals surface area contributed by atoms with Gasteiger partial charge in [-0.1, -0.05) is 66.7 Å². The molecule has 3 rings (SSSR count). The van der Waals surface area contributed by atoms with Crippen LogP contribution < -0.4 is 5.73 Å². The minimum atomic E-state index is 0.856. The first-order valence-corrected chi connectivity index (χ1v) is 5.69. The molecule has 0 amide bonds. The quantitative estimate of drug-likeness (QED) is 0.613. The Morgan fingerprint density at radius 3 is 2.18 bits per heavy atom. The fraction of sp³-hybridized carbons (Fsp3) is 0. The fourth-order valence-corrected chi connectivity index (χ4v) is 2.17. The topological polar surface area (TPSA) is 26.0 Å². The molecular weight excluding hydrogens is 206 g/mol. The molecule has 0 saturated heterocycles. The van der Waals surface area contributed by atoms with Crippen molar-refractivity contribution in [3.63, 3.8) is 0 Å². The third-order valence-electron chi connectivity index (χ3n) is 3.06. The highest BCUT2D eigenvalue weighted by molar-refractivity contribution is 6.00. The van der Waals surface area contributed by atoms with Crippen molar-refractivity contribution in [2.24, 2.45) is 0 Å². The lowest BCUT2D eigenvalue weighted by atomic mass is 9.99. The van der Waals surface area contributed by atoms with Crippen LogP contribution in [-0.4, -0.2) is 0 Å². The number of anilines is 1. The molecule has 17 heavy (non-hydrogen) atoms. The Morgan fingerprint density at radius 2 is 1.35 bits per heavy atom. The zero-order chi connectivity index (χ0) is 11.7. The minimum Gasteiger partial charge on any atom is -0.398 e. The van der Waals surface area contributed by atoms with Crippen molar-refractivity contribution in [2.45, 2.75) is 0 Å². The van der Waals surface area contributed by atoms with Gasteiger partial charge in [0.15, 0.2) is 0 Å². The maximum absolute atomic E-state index is 6.25. The van der Waals surface area contributed by atoms with Crippen LogP contribution in [0.1, 0.15) is 0 Å². The first kappa shape index (κ1) is 9.91. The second-order valence-corrected chi connectivity index (χ2v) is 4.11. The molecule has 3 aromatic carbocycles. The zero-order valence-corrected chi connectivity index (χ0v) is 9.43. The van der Waals surface area contributed by atoms with Gasteiger partial charge in [0.2, 0.25) is 0 Å². The van der Waals surface area contributed by atoms with E-state index in [9.17, 15) is 0 Å². The Labute approximate surface area is 101 Å². The second kappa shape index (κ2) is 3.95. The van der Waals surface area contributed by atoms with Crippen LogP contribution in [-0.2, 0) is 0 Å². The van der Waals surface area contributed by atoms with E-state index in [-0.39, 0.29) is 0 Å². The summed E-state index contributed by atoms with van der Waals surface area (Å²) in [7, 11) is 0. The highest BCUT2D eigenvalue weighted by atomic mass is 14.6. The Balaban J connectivity index is 2.29. The molecule has 0 atom stereocenters. The van der Waals surface area contributed by atoms with Crippen LogP contribution in [0.15, 0.2) is 66.7 Å². The van der Waals surface area contributed by atoms with Gasteiger partial charge < -0.3 is 5.73 Å². The third-order valence-corrected chi connectivity index (χ3v) is 3.06. The van der Waals surface area contributed by atoms with Gasteiger partial charge >= 0.3 is 0 Å².